The van der Waals surface area contributed by atoms with Gasteiger partial charge in [0, 0.05) is 38.3 Å². The Labute approximate surface area is 112 Å². The van der Waals surface area contributed by atoms with Gasteiger partial charge in [-0.05, 0) is 26.7 Å². The van der Waals surface area contributed by atoms with Gasteiger partial charge in [-0.15, -0.1) is 0 Å². The zero-order chi connectivity index (χ0) is 13.6. The zero-order valence-electron chi connectivity index (χ0n) is 12.5. The number of piperazine rings is 1. The highest BCUT2D eigenvalue weighted by molar-refractivity contribution is 5.78. The standard InChI is InChI=1S/C14H29N3O/c1-5-8-16(9-6-2)13(18)11-17-10-7-15-12-14(17,3)4/h15H,5-12H2,1-4H3. The largest absolute Gasteiger partial charge is 0.342 e. The summed E-state index contributed by atoms with van der Waals surface area (Å²) in [5.41, 5.74) is 0.0814. The van der Waals surface area contributed by atoms with Crippen molar-refractivity contribution in [2.75, 3.05) is 39.3 Å². The summed E-state index contributed by atoms with van der Waals surface area (Å²) in [6.07, 6.45) is 2.08. The zero-order valence-corrected chi connectivity index (χ0v) is 12.5. The second kappa shape index (κ2) is 7.10. The number of carbonyl (C=O) groups excluding carboxylic acids is 1. The minimum absolute atomic E-state index is 0.0814. The van der Waals surface area contributed by atoms with E-state index in [1.165, 1.54) is 0 Å². The van der Waals surface area contributed by atoms with Crippen LogP contribution < -0.4 is 5.32 Å². The van der Waals surface area contributed by atoms with Gasteiger partial charge < -0.3 is 10.2 Å². The maximum atomic E-state index is 12.3. The van der Waals surface area contributed by atoms with E-state index in [1.807, 2.05) is 4.90 Å². The quantitative estimate of drug-likeness (QED) is 0.777. The number of hydrogen-bond donors (Lipinski definition) is 1. The van der Waals surface area contributed by atoms with E-state index in [2.05, 4.69) is 37.9 Å². The topological polar surface area (TPSA) is 35.6 Å². The summed E-state index contributed by atoms with van der Waals surface area (Å²) in [6, 6.07) is 0. The molecule has 4 nitrogen and oxygen atoms in total. The normalized spacial score (nSPS) is 19.8. The maximum Gasteiger partial charge on any atom is 0.236 e. The Bertz CT molecular complexity index is 260. The summed E-state index contributed by atoms with van der Waals surface area (Å²) in [7, 11) is 0. The highest BCUT2D eigenvalue weighted by Crippen LogP contribution is 2.16. The number of rotatable bonds is 6. The molecule has 18 heavy (non-hydrogen) atoms. The molecule has 1 rings (SSSR count). The van der Waals surface area contributed by atoms with E-state index in [9.17, 15) is 4.79 Å². The SMILES string of the molecule is CCCN(CCC)C(=O)CN1CCNCC1(C)C. The Balaban J connectivity index is 2.55. The van der Waals surface area contributed by atoms with Crippen LogP contribution in [0.1, 0.15) is 40.5 Å². The third kappa shape index (κ3) is 4.25. The van der Waals surface area contributed by atoms with Crippen LogP contribution in [0.5, 0.6) is 0 Å². The summed E-state index contributed by atoms with van der Waals surface area (Å²) in [5.74, 6) is 0.286. The lowest BCUT2D eigenvalue weighted by Crippen LogP contribution is -2.60. The maximum absolute atomic E-state index is 12.3. The Hall–Kier alpha value is -0.610. The first kappa shape index (κ1) is 15.4. The average Bonchev–Trinajstić information content (AvgIpc) is 2.31. The Morgan fingerprint density at radius 1 is 1.28 bits per heavy atom. The molecule has 0 saturated carbocycles. The van der Waals surface area contributed by atoms with Crippen molar-refractivity contribution < 1.29 is 4.79 Å². The molecule has 1 aliphatic heterocycles. The number of carbonyl (C=O) groups is 1. The van der Waals surface area contributed by atoms with E-state index in [0.717, 1.165) is 45.6 Å². The van der Waals surface area contributed by atoms with Gasteiger partial charge in [-0.1, -0.05) is 13.8 Å². The lowest BCUT2D eigenvalue weighted by Gasteiger charge is -2.43. The number of nitrogens with zero attached hydrogens (tertiary/aromatic N) is 2. The Morgan fingerprint density at radius 3 is 2.39 bits per heavy atom. The van der Waals surface area contributed by atoms with Crippen LogP contribution in [-0.4, -0.2) is 60.5 Å². The first-order chi connectivity index (χ1) is 8.51. The van der Waals surface area contributed by atoms with Crippen LogP contribution in [0.4, 0.5) is 0 Å². The minimum atomic E-state index is 0.0814. The average molecular weight is 255 g/mol. The molecule has 0 aromatic heterocycles. The van der Waals surface area contributed by atoms with Gasteiger partial charge in [0.15, 0.2) is 0 Å². The van der Waals surface area contributed by atoms with Crippen LogP contribution in [0, 0.1) is 0 Å². The van der Waals surface area contributed by atoms with Gasteiger partial charge in [0.05, 0.1) is 6.54 Å². The predicted molar refractivity (Wildman–Crippen MR) is 75.7 cm³/mol. The molecule has 1 amide bonds. The van der Waals surface area contributed by atoms with E-state index in [-0.39, 0.29) is 11.4 Å². The van der Waals surface area contributed by atoms with Gasteiger partial charge in [-0.2, -0.15) is 0 Å². The Morgan fingerprint density at radius 2 is 1.89 bits per heavy atom. The summed E-state index contributed by atoms with van der Waals surface area (Å²) in [4.78, 5) is 16.7. The fourth-order valence-corrected chi connectivity index (χ4v) is 2.48. The smallest absolute Gasteiger partial charge is 0.236 e. The van der Waals surface area contributed by atoms with E-state index in [1.54, 1.807) is 0 Å². The van der Waals surface area contributed by atoms with E-state index in [0.29, 0.717) is 6.54 Å². The fraction of sp³-hybridized carbons (Fsp3) is 0.929. The number of hydrogen-bond acceptors (Lipinski definition) is 3. The van der Waals surface area contributed by atoms with Crippen LogP contribution >= 0.6 is 0 Å². The summed E-state index contributed by atoms with van der Waals surface area (Å²) < 4.78 is 0. The molecule has 1 heterocycles. The van der Waals surface area contributed by atoms with Gasteiger partial charge in [-0.25, -0.2) is 0 Å². The van der Waals surface area contributed by atoms with Crippen LogP contribution in [0.2, 0.25) is 0 Å². The molecule has 0 aliphatic carbocycles. The molecule has 0 atom stereocenters. The highest BCUT2D eigenvalue weighted by atomic mass is 16.2. The van der Waals surface area contributed by atoms with Crippen molar-refractivity contribution in [3.8, 4) is 0 Å². The first-order valence-corrected chi connectivity index (χ1v) is 7.24. The molecule has 0 radical (unpaired) electrons. The molecule has 0 aromatic rings. The third-order valence-electron chi connectivity index (χ3n) is 3.64. The molecule has 1 aliphatic rings. The molecular formula is C14H29N3O. The van der Waals surface area contributed by atoms with Crippen molar-refractivity contribution in [3.05, 3.63) is 0 Å². The van der Waals surface area contributed by atoms with Gasteiger partial charge in [0.25, 0.3) is 0 Å². The molecule has 1 saturated heterocycles. The molecule has 0 spiro atoms. The molecule has 106 valence electrons. The predicted octanol–water partition coefficient (Wildman–Crippen LogP) is 1.32. The third-order valence-corrected chi connectivity index (χ3v) is 3.64. The van der Waals surface area contributed by atoms with Crippen LogP contribution in [0.15, 0.2) is 0 Å². The summed E-state index contributed by atoms with van der Waals surface area (Å²) in [5, 5.41) is 3.39. The molecule has 0 bridgehead atoms. The number of amides is 1. The molecular weight excluding hydrogens is 226 g/mol. The highest BCUT2D eigenvalue weighted by Gasteiger charge is 2.31. The number of nitrogens with one attached hydrogen (secondary N) is 1. The monoisotopic (exact) mass is 255 g/mol. The van der Waals surface area contributed by atoms with Crippen molar-refractivity contribution in [3.63, 3.8) is 0 Å². The molecule has 1 fully saturated rings. The molecule has 4 heteroatoms. The lowest BCUT2D eigenvalue weighted by atomic mass is 10.0. The second-order valence-electron chi connectivity index (χ2n) is 5.79. The van der Waals surface area contributed by atoms with Crippen molar-refractivity contribution in [1.29, 1.82) is 0 Å². The fourth-order valence-electron chi connectivity index (χ4n) is 2.48. The summed E-state index contributed by atoms with van der Waals surface area (Å²) in [6.45, 7) is 13.9. The van der Waals surface area contributed by atoms with Crippen LogP contribution in [0.25, 0.3) is 0 Å². The van der Waals surface area contributed by atoms with Crippen LogP contribution in [0.3, 0.4) is 0 Å². The van der Waals surface area contributed by atoms with Crippen molar-refractivity contribution in [2.45, 2.75) is 46.1 Å². The van der Waals surface area contributed by atoms with Crippen molar-refractivity contribution in [1.82, 2.24) is 15.1 Å². The van der Waals surface area contributed by atoms with Crippen molar-refractivity contribution in [2.24, 2.45) is 0 Å². The van der Waals surface area contributed by atoms with Gasteiger partial charge in [0.1, 0.15) is 0 Å². The minimum Gasteiger partial charge on any atom is -0.342 e. The molecule has 1 N–H and O–H groups in total. The molecule has 0 unspecified atom stereocenters. The van der Waals surface area contributed by atoms with E-state index < -0.39 is 0 Å². The van der Waals surface area contributed by atoms with Gasteiger partial charge in [0.2, 0.25) is 5.91 Å². The van der Waals surface area contributed by atoms with E-state index in [4.69, 9.17) is 0 Å². The second-order valence-corrected chi connectivity index (χ2v) is 5.79. The van der Waals surface area contributed by atoms with Gasteiger partial charge in [-0.3, -0.25) is 9.69 Å². The first-order valence-electron chi connectivity index (χ1n) is 7.24. The Kier molecular flexibility index (Phi) is 6.09. The van der Waals surface area contributed by atoms with E-state index >= 15 is 0 Å². The molecule has 0 aromatic carbocycles. The summed E-state index contributed by atoms with van der Waals surface area (Å²) >= 11 is 0. The van der Waals surface area contributed by atoms with Gasteiger partial charge >= 0.3 is 0 Å². The van der Waals surface area contributed by atoms with Crippen LogP contribution in [-0.2, 0) is 4.79 Å². The lowest BCUT2D eigenvalue weighted by molar-refractivity contribution is -0.134. The van der Waals surface area contributed by atoms with Crippen molar-refractivity contribution >= 4 is 5.91 Å².